The van der Waals surface area contributed by atoms with Crippen molar-refractivity contribution in [2.75, 3.05) is 11.3 Å². The first-order valence-corrected chi connectivity index (χ1v) is 10.4. The molecule has 0 aliphatic rings. The Morgan fingerprint density at radius 2 is 1.70 bits per heavy atom. The van der Waals surface area contributed by atoms with Crippen LogP contribution >= 0.6 is 11.6 Å². The summed E-state index contributed by atoms with van der Waals surface area (Å²) in [7, 11) is -3.78. The molecule has 0 bridgehead atoms. The molecule has 1 atom stereocenters. The van der Waals surface area contributed by atoms with Crippen molar-refractivity contribution in [3.63, 3.8) is 0 Å². The predicted octanol–water partition coefficient (Wildman–Crippen LogP) is 3.68. The fourth-order valence-electron chi connectivity index (χ4n) is 2.15. The third-order valence-electron chi connectivity index (χ3n) is 3.62. The second kappa shape index (κ2) is 9.10. The van der Waals surface area contributed by atoms with Crippen LogP contribution in [0.25, 0.3) is 0 Å². The molecule has 1 amide bonds. The third-order valence-corrected chi connectivity index (χ3v) is 5.33. The first-order valence-electron chi connectivity index (χ1n) is 8.51. The number of carbonyl (C=O) groups excluding carboxylic acids is 1. The van der Waals surface area contributed by atoms with Gasteiger partial charge in [-0.3, -0.25) is 9.52 Å². The third kappa shape index (κ3) is 6.15. The van der Waals surface area contributed by atoms with E-state index in [0.29, 0.717) is 28.9 Å². The smallest absolute Gasteiger partial charge is 0.261 e. The Bertz CT molecular complexity index is 883. The molecular formula is C19H23ClN2O4S. The van der Waals surface area contributed by atoms with E-state index in [1.54, 1.807) is 31.2 Å². The number of carbonyl (C=O) groups is 1. The lowest BCUT2D eigenvalue weighted by Crippen LogP contribution is -2.38. The molecule has 2 aromatic carbocycles. The Labute approximate surface area is 164 Å². The molecule has 8 heteroatoms. The number of ether oxygens (including phenoxy) is 1. The van der Waals surface area contributed by atoms with E-state index in [2.05, 4.69) is 10.0 Å². The summed E-state index contributed by atoms with van der Waals surface area (Å²) in [6, 6.07) is 12.4. The minimum Gasteiger partial charge on any atom is -0.481 e. The van der Waals surface area contributed by atoms with E-state index < -0.39 is 16.1 Å². The highest BCUT2D eigenvalue weighted by Crippen LogP contribution is 2.25. The summed E-state index contributed by atoms with van der Waals surface area (Å²) in [5.74, 6) is 0.524. The molecule has 0 aromatic heterocycles. The molecule has 0 heterocycles. The van der Waals surface area contributed by atoms with E-state index >= 15 is 0 Å². The second-order valence-electron chi connectivity index (χ2n) is 6.46. The number of sulfonamides is 1. The van der Waals surface area contributed by atoms with E-state index in [1.165, 1.54) is 24.3 Å². The van der Waals surface area contributed by atoms with Crippen molar-refractivity contribution >= 4 is 33.2 Å². The predicted molar refractivity (Wildman–Crippen MR) is 107 cm³/mol. The van der Waals surface area contributed by atoms with Crippen LogP contribution in [0.3, 0.4) is 0 Å². The van der Waals surface area contributed by atoms with Gasteiger partial charge >= 0.3 is 0 Å². The fourth-order valence-corrected chi connectivity index (χ4v) is 3.47. The molecule has 0 saturated heterocycles. The summed E-state index contributed by atoms with van der Waals surface area (Å²) in [5, 5.41) is 3.10. The molecule has 6 nitrogen and oxygen atoms in total. The van der Waals surface area contributed by atoms with Crippen molar-refractivity contribution < 1.29 is 17.9 Å². The molecule has 0 saturated carbocycles. The molecule has 2 N–H and O–H groups in total. The lowest BCUT2D eigenvalue weighted by Gasteiger charge is -2.16. The van der Waals surface area contributed by atoms with Crippen molar-refractivity contribution in [3.8, 4) is 5.75 Å². The molecule has 27 heavy (non-hydrogen) atoms. The Morgan fingerprint density at radius 1 is 1.07 bits per heavy atom. The van der Waals surface area contributed by atoms with E-state index in [1.807, 2.05) is 13.8 Å². The lowest BCUT2D eigenvalue weighted by atomic mass is 10.2. The number of hydrogen-bond acceptors (Lipinski definition) is 4. The highest BCUT2D eigenvalue weighted by molar-refractivity contribution is 7.92. The zero-order valence-corrected chi connectivity index (χ0v) is 17.0. The average Bonchev–Trinajstić information content (AvgIpc) is 2.62. The number of hydrogen-bond donors (Lipinski definition) is 2. The summed E-state index contributed by atoms with van der Waals surface area (Å²) in [6.07, 6.45) is -0.688. The highest BCUT2D eigenvalue weighted by atomic mass is 35.5. The van der Waals surface area contributed by atoms with Crippen LogP contribution in [0, 0.1) is 5.92 Å². The van der Waals surface area contributed by atoms with E-state index in [4.69, 9.17) is 16.3 Å². The molecule has 0 aliphatic heterocycles. The van der Waals surface area contributed by atoms with Gasteiger partial charge in [0.15, 0.2) is 6.10 Å². The first kappa shape index (κ1) is 21.1. The maximum atomic E-state index is 12.5. The number of amides is 1. The molecule has 2 aromatic rings. The van der Waals surface area contributed by atoms with Gasteiger partial charge in [0.1, 0.15) is 5.75 Å². The van der Waals surface area contributed by atoms with Gasteiger partial charge in [-0.25, -0.2) is 8.42 Å². The average molecular weight is 411 g/mol. The molecule has 0 radical (unpaired) electrons. The summed E-state index contributed by atoms with van der Waals surface area (Å²) < 4.78 is 32.9. The zero-order chi connectivity index (χ0) is 20.0. The maximum Gasteiger partial charge on any atom is 0.261 e. The summed E-state index contributed by atoms with van der Waals surface area (Å²) in [6.45, 7) is 6.21. The second-order valence-corrected chi connectivity index (χ2v) is 8.55. The molecule has 0 spiro atoms. The topological polar surface area (TPSA) is 84.5 Å². The molecular weight excluding hydrogens is 388 g/mol. The van der Waals surface area contributed by atoms with Crippen molar-refractivity contribution in [3.05, 3.63) is 53.6 Å². The Morgan fingerprint density at radius 3 is 2.30 bits per heavy atom. The molecule has 0 aliphatic carbocycles. The van der Waals surface area contributed by atoms with Gasteiger partial charge in [0, 0.05) is 6.54 Å². The van der Waals surface area contributed by atoms with Crippen LogP contribution in [-0.4, -0.2) is 27.0 Å². The molecule has 0 unspecified atom stereocenters. The summed E-state index contributed by atoms with van der Waals surface area (Å²) in [4.78, 5) is 12.0. The normalized spacial score (nSPS) is 12.5. The standard InChI is InChI=1S/C19H23ClN2O4S/c1-13(2)12-21-19(23)14(3)26-15-8-10-16(11-9-15)27(24,25)22-18-7-5-4-6-17(18)20/h4-11,13-14,22H,12H2,1-3H3,(H,21,23)/t14-/m0/s1. The van der Waals surface area contributed by atoms with Crippen LogP contribution in [0.15, 0.2) is 53.4 Å². The van der Waals surface area contributed by atoms with Crippen LogP contribution in [0.5, 0.6) is 5.75 Å². The van der Waals surface area contributed by atoms with Gasteiger partial charge in [-0.15, -0.1) is 0 Å². The molecule has 2 rings (SSSR count). The van der Waals surface area contributed by atoms with Crippen molar-refractivity contribution in [2.24, 2.45) is 5.92 Å². The van der Waals surface area contributed by atoms with Crippen molar-refractivity contribution in [1.82, 2.24) is 5.32 Å². The van der Waals surface area contributed by atoms with Crippen LogP contribution in [-0.2, 0) is 14.8 Å². The SMILES string of the molecule is CC(C)CNC(=O)[C@H](C)Oc1ccc(S(=O)(=O)Nc2ccccc2Cl)cc1. The van der Waals surface area contributed by atoms with Gasteiger partial charge in [-0.05, 0) is 49.2 Å². The molecule has 0 fully saturated rings. The van der Waals surface area contributed by atoms with Crippen LogP contribution in [0.1, 0.15) is 20.8 Å². The van der Waals surface area contributed by atoms with Crippen molar-refractivity contribution in [2.45, 2.75) is 31.8 Å². The largest absolute Gasteiger partial charge is 0.481 e. The van der Waals surface area contributed by atoms with Gasteiger partial charge in [0.25, 0.3) is 15.9 Å². The van der Waals surface area contributed by atoms with E-state index in [0.717, 1.165) is 0 Å². The molecule has 146 valence electrons. The number of rotatable bonds is 8. The highest BCUT2D eigenvalue weighted by Gasteiger charge is 2.17. The van der Waals surface area contributed by atoms with Crippen LogP contribution < -0.4 is 14.8 Å². The summed E-state index contributed by atoms with van der Waals surface area (Å²) >= 11 is 5.99. The Balaban J connectivity index is 2.03. The lowest BCUT2D eigenvalue weighted by molar-refractivity contribution is -0.127. The van der Waals surface area contributed by atoms with Crippen LogP contribution in [0.2, 0.25) is 5.02 Å². The van der Waals surface area contributed by atoms with E-state index in [-0.39, 0.29) is 10.8 Å². The number of anilines is 1. The minimum absolute atomic E-state index is 0.0617. The zero-order valence-electron chi connectivity index (χ0n) is 15.4. The Hall–Kier alpha value is -2.25. The monoisotopic (exact) mass is 410 g/mol. The number of nitrogens with one attached hydrogen (secondary N) is 2. The first-order chi connectivity index (χ1) is 12.7. The van der Waals surface area contributed by atoms with Gasteiger partial charge < -0.3 is 10.1 Å². The minimum atomic E-state index is -3.78. The number of benzene rings is 2. The number of halogens is 1. The van der Waals surface area contributed by atoms with Gasteiger partial charge in [0.05, 0.1) is 15.6 Å². The van der Waals surface area contributed by atoms with E-state index in [9.17, 15) is 13.2 Å². The maximum absolute atomic E-state index is 12.5. The van der Waals surface area contributed by atoms with Gasteiger partial charge in [-0.2, -0.15) is 0 Å². The van der Waals surface area contributed by atoms with Gasteiger partial charge in [0.2, 0.25) is 0 Å². The number of para-hydroxylation sites is 1. The van der Waals surface area contributed by atoms with Gasteiger partial charge in [-0.1, -0.05) is 37.6 Å². The Kier molecular flexibility index (Phi) is 7.10. The quantitative estimate of drug-likeness (QED) is 0.695. The van der Waals surface area contributed by atoms with Crippen LogP contribution in [0.4, 0.5) is 5.69 Å². The fraction of sp³-hybridized carbons (Fsp3) is 0.316. The summed E-state index contributed by atoms with van der Waals surface area (Å²) in [5.41, 5.74) is 0.301. The van der Waals surface area contributed by atoms with Crippen molar-refractivity contribution in [1.29, 1.82) is 0 Å².